The predicted octanol–water partition coefficient (Wildman–Crippen LogP) is 3.72. The number of benzene rings is 2. The first-order chi connectivity index (χ1) is 15.8. The summed E-state index contributed by atoms with van der Waals surface area (Å²) in [6.45, 7) is 4.59. The number of carbonyl (C=O) groups excluding carboxylic acids is 2. The summed E-state index contributed by atoms with van der Waals surface area (Å²) < 4.78 is 52.8. The monoisotopic (exact) mass is 515 g/mol. The molecule has 0 spiro atoms. The molecular formula is C23H28ClF2N3O4S. The molecule has 0 aliphatic rings. The van der Waals surface area contributed by atoms with E-state index in [9.17, 15) is 26.8 Å². The normalized spacial score (nSPS) is 12.4. The van der Waals surface area contributed by atoms with Crippen LogP contribution in [0.2, 0.25) is 5.02 Å². The topological polar surface area (TPSA) is 86.8 Å². The third kappa shape index (κ3) is 7.39. The number of carbonyl (C=O) groups is 2. The molecule has 34 heavy (non-hydrogen) atoms. The fraction of sp³-hybridized carbons (Fsp3) is 0.391. The number of hydrogen-bond acceptors (Lipinski definition) is 4. The molecule has 0 saturated carbocycles. The standard InChI is InChI=1S/C23H28ClF2N3O4S/c1-5-21(23(31)27-15(2)3)28(13-16-6-8-17(25)9-7-16)22(30)14-29(34(4,32)33)18-10-11-20(26)19(24)12-18/h6-12,15,21H,5,13-14H2,1-4H3,(H,27,31). The molecule has 0 aliphatic heterocycles. The number of nitrogens with one attached hydrogen (secondary N) is 1. The summed E-state index contributed by atoms with van der Waals surface area (Å²) in [6.07, 6.45) is 1.16. The zero-order valence-electron chi connectivity index (χ0n) is 19.4. The molecule has 0 radical (unpaired) electrons. The second kappa shape index (κ2) is 11.6. The van der Waals surface area contributed by atoms with Gasteiger partial charge < -0.3 is 10.2 Å². The largest absolute Gasteiger partial charge is 0.352 e. The molecule has 0 aliphatic carbocycles. The molecule has 0 saturated heterocycles. The van der Waals surface area contributed by atoms with E-state index in [0.717, 1.165) is 22.7 Å². The molecule has 7 nitrogen and oxygen atoms in total. The highest BCUT2D eigenvalue weighted by atomic mass is 35.5. The lowest BCUT2D eigenvalue weighted by Gasteiger charge is -2.33. The van der Waals surface area contributed by atoms with Crippen molar-refractivity contribution in [2.24, 2.45) is 0 Å². The maximum absolute atomic E-state index is 13.6. The Kier molecular flexibility index (Phi) is 9.40. The Hall–Kier alpha value is -2.72. The Bertz CT molecular complexity index is 1130. The van der Waals surface area contributed by atoms with Gasteiger partial charge in [0.2, 0.25) is 21.8 Å². The zero-order valence-corrected chi connectivity index (χ0v) is 21.0. The maximum atomic E-state index is 13.6. The smallest absolute Gasteiger partial charge is 0.244 e. The van der Waals surface area contributed by atoms with Crippen molar-refractivity contribution in [1.82, 2.24) is 10.2 Å². The van der Waals surface area contributed by atoms with Crippen LogP contribution in [0.3, 0.4) is 0 Å². The zero-order chi connectivity index (χ0) is 25.6. The average molecular weight is 516 g/mol. The molecule has 11 heteroatoms. The van der Waals surface area contributed by atoms with Gasteiger partial charge in [0.25, 0.3) is 0 Å². The lowest BCUT2D eigenvalue weighted by atomic mass is 10.1. The average Bonchev–Trinajstić information content (AvgIpc) is 2.74. The van der Waals surface area contributed by atoms with E-state index in [0.29, 0.717) is 5.56 Å². The minimum atomic E-state index is -3.97. The van der Waals surface area contributed by atoms with E-state index >= 15 is 0 Å². The van der Waals surface area contributed by atoms with Crippen molar-refractivity contribution in [3.8, 4) is 0 Å². The van der Waals surface area contributed by atoms with Gasteiger partial charge >= 0.3 is 0 Å². The summed E-state index contributed by atoms with van der Waals surface area (Å²) in [7, 11) is -3.97. The van der Waals surface area contributed by atoms with Gasteiger partial charge in [0.15, 0.2) is 0 Å². The summed E-state index contributed by atoms with van der Waals surface area (Å²) in [5, 5.41) is 2.47. The van der Waals surface area contributed by atoms with Gasteiger partial charge in [0, 0.05) is 12.6 Å². The van der Waals surface area contributed by atoms with E-state index in [1.165, 1.54) is 35.2 Å². The maximum Gasteiger partial charge on any atom is 0.244 e. The van der Waals surface area contributed by atoms with Crippen molar-refractivity contribution in [1.29, 1.82) is 0 Å². The van der Waals surface area contributed by atoms with E-state index in [1.54, 1.807) is 20.8 Å². The molecule has 1 unspecified atom stereocenters. The molecular weight excluding hydrogens is 488 g/mol. The van der Waals surface area contributed by atoms with E-state index in [-0.39, 0.29) is 29.7 Å². The van der Waals surface area contributed by atoms with Crippen LogP contribution < -0.4 is 9.62 Å². The van der Waals surface area contributed by atoms with Crippen LogP contribution in [-0.2, 0) is 26.2 Å². The molecule has 2 amide bonds. The van der Waals surface area contributed by atoms with Crippen LogP contribution in [0.1, 0.15) is 32.8 Å². The number of rotatable bonds is 10. The molecule has 0 heterocycles. The van der Waals surface area contributed by atoms with Gasteiger partial charge in [-0.2, -0.15) is 0 Å². The van der Waals surface area contributed by atoms with Crippen LogP contribution in [0.15, 0.2) is 42.5 Å². The summed E-state index contributed by atoms with van der Waals surface area (Å²) in [5.74, 6) is -2.26. The van der Waals surface area contributed by atoms with Crippen molar-refractivity contribution in [2.75, 3.05) is 17.1 Å². The van der Waals surface area contributed by atoms with Gasteiger partial charge in [0.1, 0.15) is 24.2 Å². The summed E-state index contributed by atoms with van der Waals surface area (Å²) in [4.78, 5) is 27.6. The van der Waals surface area contributed by atoms with Crippen LogP contribution in [0.5, 0.6) is 0 Å². The van der Waals surface area contributed by atoms with Gasteiger partial charge in [-0.05, 0) is 56.2 Å². The van der Waals surface area contributed by atoms with Crippen LogP contribution in [-0.4, -0.2) is 50.0 Å². The Morgan fingerprint density at radius 1 is 1.09 bits per heavy atom. The van der Waals surface area contributed by atoms with Crippen molar-refractivity contribution < 1.29 is 26.8 Å². The van der Waals surface area contributed by atoms with Crippen molar-refractivity contribution >= 4 is 39.1 Å². The van der Waals surface area contributed by atoms with Crippen molar-refractivity contribution in [2.45, 2.75) is 45.8 Å². The number of nitrogens with zero attached hydrogens (tertiary/aromatic N) is 2. The van der Waals surface area contributed by atoms with Crippen LogP contribution in [0.25, 0.3) is 0 Å². The molecule has 0 aromatic heterocycles. The molecule has 0 fully saturated rings. The first-order valence-corrected chi connectivity index (χ1v) is 12.8. The highest BCUT2D eigenvalue weighted by Gasteiger charge is 2.32. The first kappa shape index (κ1) is 27.5. The molecule has 186 valence electrons. The van der Waals surface area contributed by atoms with Crippen molar-refractivity contribution in [3.63, 3.8) is 0 Å². The third-order valence-corrected chi connectivity index (χ3v) is 6.38. The summed E-state index contributed by atoms with van der Waals surface area (Å²) in [6, 6.07) is 7.65. The molecule has 1 N–H and O–H groups in total. The second-order valence-electron chi connectivity index (χ2n) is 8.10. The van der Waals surface area contributed by atoms with Gasteiger partial charge in [-0.3, -0.25) is 13.9 Å². The first-order valence-electron chi connectivity index (χ1n) is 10.6. The lowest BCUT2D eigenvalue weighted by molar-refractivity contribution is -0.140. The van der Waals surface area contributed by atoms with Crippen LogP contribution in [0.4, 0.5) is 14.5 Å². The summed E-state index contributed by atoms with van der Waals surface area (Å²) in [5.41, 5.74) is 0.560. The van der Waals surface area contributed by atoms with Gasteiger partial charge in [-0.15, -0.1) is 0 Å². The van der Waals surface area contributed by atoms with Gasteiger partial charge in [-0.1, -0.05) is 30.7 Å². The quantitative estimate of drug-likeness (QED) is 0.522. The number of anilines is 1. The highest BCUT2D eigenvalue weighted by molar-refractivity contribution is 7.92. The molecule has 2 aromatic carbocycles. The Labute approximate surface area is 203 Å². The summed E-state index contributed by atoms with van der Waals surface area (Å²) >= 11 is 5.81. The van der Waals surface area contributed by atoms with Crippen LogP contribution >= 0.6 is 11.6 Å². The Balaban J connectivity index is 2.45. The third-order valence-electron chi connectivity index (χ3n) is 4.95. The number of halogens is 3. The number of sulfonamides is 1. The van der Waals surface area contributed by atoms with Crippen LogP contribution in [0, 0.1) is 11.6 Å². The Morgan fingerprint density at radius 2 is 1.71 bits per heavy atom. The van der Waals surface area contributed by atoms with E-state index < -0.39 is 46.1 Å². The molecule has 2 aromatic rings. The van der Waals surface area contributed by atoms with E-state index in [4.69, 9.17) is 11.6 Å². The van der Waals surface area contributed by atoms with E-state index in [2.05, 4.69) is 5.32 Å². The molecule has 2 rings (SSSR count). The fourth-order valence-corrected chi connectivity index (χ4v) is 4.36. The molecule has 0 bridgehead atoms. The van der Waals surface area contributed by atoms with Gasteiger partial charge in [-0.25, -0.2) is 17.2 Å². The Morgan fingerprint density at radius 3 is 2.21 bits per heavy atom. The SMILES string of the molecule is CCC(C(=O)NC(C)C)N(Cc1ccc(F)cc1)C(=O)CN(c1ccc(F)c(Cl)c1)S(C)(=O)=O. The minimum Gasteiger partial charge on any atom is -0.352 e. The molecule has 1 atom stereocenters. The number of amides is 2. The number of hydrogen-bond donors (Lipinski definition) is 1. The fourth-order valence-electron chi connectivity index (χ4n) is 3.34. The lowest BCUT2D eigenvalue weighted by Crippen LogP contribution is -2.53. The van der Waals surface area contributed by atoms with E-state index in [1.807, 2.05) is 0 Å². The highest BCUT2D eigenvalue weighted by Crippen LogP contribution is 2.25. The second-order valence-corrected chi connectivity index (χ2v) is 10.4. The predicted molar refractivity (Wildman–Crippen MR) is 128 cm³/mol. The van der Waals surface area contributed by atoms with Crippen molar-refractivity contribution in [3.05, 3.63) is 64.7 Å². The van der Waals surface area contributed by atoms with Gasteiger partial charge in [0.05, 0.1) is 17.0 Å². The minimum absolute atomic E-state index is 0.00339.